The lowest BCUT2D eigenvalue weighted by Crippen LogP contribution is -2.31. The molecule has 1 aliphatic carbocycles. The molecule has 0 aliphatic heterocycles. The van der Waals surface area contributed by atoms with E-state index in [9.17, 15) is 0 Å². The van der Waals surface area contributed by atoms with Gasteiger partial charge in [0.25, 0.3) is 0 Å². The van der Waals surface area contributed by atoms with Crippen LogP contribution in [0.2, 0.25) is 0 Å². The smallest absolute Gasteiger partial charge is 0.0702 e. The highest BCUT2D eigenvalue weighted by Gasteiger charge is 2.41. The fraction of sp³-hybridized carbons (Fsp3) is 0.0357. The maximum atomic E-state index is 3.69. The highest BCUT2D eigenvalue weighted by atomic mass is 79.9. The van der Waals surface area contributed by atoms with Gasteiger partial charge >= 0.3 is 0 Å². The van der Waals surface area contributed by atoms with Gasteiger partial charge < -0.3 is 9.13 Å². The topological polar surface area (TPSA) is 9.86 Å². The van der Waals surface area contributed by atoms with E-state index in [1.165, 1.54) is 133 Å². The van der Waals surface area contributed by atoms with Crippen molar-refractivity contribution in [3.8, 4) is 22.5 Å². The average molecular weight is 1620 g/mol. The van der Waals surface area contributed by atoms with E-state index in [1.54, 1.807) is 0 Å². The fourth-order valence-corrected chi connectivity index (χ4v) is 18.9. The van der Waals surface area contributed by atoms with Crippen molar-refractivity contribution >= 4 is 75.5 Å². The first-order chi connectivity index (χ1) is 57.4. The van der Waals surface area contributed by atoms with Crippen molar-refractivity contribution in [1.29, 1.82) is 0 Å². The van der Waals surface area contributed by atoms with Gasteiger partial charge in [-0.05, 0) is 168 Å². The lowest BCUT2D eigenvalue weighted by atomic mass is 9.65. The number of aromatic nitrogens is 2. The number of hydrogen-bond acceptors (Lipinski definition) is 0. The minimum atomic E-state index is -0.485. The number of hydrogen-bond donors (Lipinski definition) is 0. The Balaban J connectivity index is 0.000000113. The van der Waals surface area contributed by atoms with Gasteiger partial charge in [-0.25, -0.2) is 0 Å². The second-order valence-electron chi connectivity index (χ2n) is 29.5. The summed E-state index contributed by atoms with van der Waals surface area (Å²) < 4.78 is 6.97. The summed E-state index contributed by atoms with van der Waals surface area (Å²) in [5.41, 5.74) is 26.5. The van der Waals surface area contributed by atoms with Gasteiger partial charge in [0, 0.05) is 41.9 Å². The SMILES string of the molecule is Brc1ccc2c(c1)c1ccccc1n2-c1cccc(C(c2ccccc2)(c2ccccc2)c2ccccc2)c1.Brc1cccc(C(c2ccccc2)(c2ccccc2)c2ccccc2)c1.c1ccc(C(c2ccccc2)(c2ccccc2)c2cccc(-n3c4ccccc4c4ccccc43)c2)cc1.c1ccc2c(c1)Cc1ccccc1-2. The molecule has 0 radical (unpaired) electrons. The molecule has 0 fully saturated rings. The van der Waals surface area contributed by atoms with Crippen LogP contribution in [0.3, 0.4) is 0 Å². The Morgan fingerprint density at radius 3 is 0.716 bits per heavy atom. The Labute approximate surface area is 696 Å². The number of nitrogens with zero attached hydrogens (tertiary/aromatic N) is 2. The second kappa shape index (κ2) is 33.3. The summed E-state index contributed by atoms with van der Waals surface area (Å²) in [6.45, 7) is 0. The number of para-hydroxylation sites is 3. The Bertz CT molecular complexity index is 6340. The fourth-order valence-electron chi connectivity index (χ4n) is 18.2. The first-order valence-corrected chi connectivity index (χ1v) is 41.3. The van der Waals surface area contributed by atoms with Crippen molar-refractivity contribution < 1.29 is 0 Å². The number of fused-ring (bicyclic) bond motifs is 9. The third-order valence-corrected chi connectivity index (χ3v) is 24.1. The van der Waals surface area contributed by atoms with E-state index in [2.05, 4.69) is 526 Å². The van der Waals surface area contributed by atoms with Crippen molar-refractivity contribution in [1.82, 2.24) is 9.13 Å². The van der Waals surface area contributed by atoms with Crippen LogP contribution in [0.15, 0.2) is 494 Å². The molecule has 2 nitrogen and oxygen atoms in total. The predicted molar refractivity (Wildman–Crippen MR) is 493 cm³/mol. The van der Waals surface area contributed by atoms with Crippen LogP contribution in [-0.4, -0.2) is 9.13 Å². The molecule has 2 aromatic heterocycles. The summed E-state index contributed by atoms with van der Waals surface area (Å²) in [7, 11) is 0. The van der Waals surface area contributed by atoms with Crippen LogP contribution in [0.25, 0.3) is 66.1 Å². The van der Waals surface area contributed by atoms with E-state index >= 15 is 0 Å². The van der Waals surface area contributed by atoms with Gasteiger partial charge in [0.1, 0.15) is 0 Å². The molecular weight excluding hydrogens is 1530 g/mol. The summed E-state index contributed by atoms with van der Waals surface area (Å²) in [6, 6.07) is 174. The summed E-state index contributed by atoms with van der Waals surface area (Å²) in [5, 5.41) is 5.04. The minimum Gasteiger partial charge on any atom is -0.309 e. The van der Waals surface area contributed by atoms with Crippen molar-refractivity contribution in [3.05, 3.63) is 572 Å². The molecule has 1 aliphatic rings. The van der Waals surface area contributed by atoms with Gasteiger partial charge in [-0.2, -0.15) is 0 Å². The van der Waals surface area contributed by atoms with Gasteiger partial charge in [0.05, 0.1) is 38.3 Å². The third kappa shape index (κ3) is 13.8. The summed E-state index contributed by atoms with van der Waals surface area (Å²) in [6.07, 6.45) is 1.10. The number of halogens is 2. The van der Waals surface area contributed by atoms with Gasteiger partial charge in [0.2, 0.25) is 0 Å². The van der Waals surface area contributed by atoms with E-state index in [-0.39, 0.29) is 5.41 Å². The summed E-state index contributed by atoms with van der Waals surface area (Å²) >= 11 is 7.36. The van der Waals surface area contributed by atoms with Crippen LogP contribution < -0.4 is 0 Å². The largest absolute Gasteiger partial charge is 0.309 e. The molecule has 116 heavy (non-hydrogen) atoms. The first-order valence-electron chi connectivity index (χ1n) is 39.7. The van der Waals surface area contributed by atoms with Gasteiger partial charge in [-0.15, -0.1) is 0 Å². The summed E-state index contributed by atoms with van der Waals surface area (Å²) in [4.78, 5) is 0. The monoisotopic (exact) mass is 1610 g/mol. The van der Waals surface area contributed by atoms with Gasteiger partial charge in [-0.1, -0.05) is 444 Å². The number of rotatable bonds is 14. The molecule has 2 heterocycles. The standard InChI is InChI=1S/C37H26BrN.C37H27N.C25H19Br.C13H10/c38-31-23-24-36-34(26-31)33-21-10-11-22-35(33)39(36)32-20-12-19-30(25-32)37(27-13-4-1-5-14-27,28-15-6-2-7-16-28)29-17-8-3-9-18-29;1-4-15-28(16-5-1)37(29-17-6-2-7-18-29,30-19-8-3-9-20-30)31-21-14-22-32(27-31)38-35-25-12-10-23-33(35)34-24-11-13-26-36(34)38;26-24-18-10-17-23(19-24)25(20-11-4-1-5-12-20,21-13-6-2-7-14-21)22-15-8-3-9-16-22;1-3-7-12-10(5-1)9-11-6-2-4-8-13(11)12/h1-26H;1-27H;1-19H;1-8H,9H2. The maximum absolute atomic E-state index is 3.69. The van der Waals surface area contributed by atoms with Crippen molar-refractivity contribution in [2.75, 3.05) is 0 Å². The Morgan fingerprint density at radius 2 is 0.405 bits per heavy atom. The zero-order valence-electron chi connectivity index (χ0n) is 64.0. The Morgan fingerprint density at radius 1 is 0.172 bits per heavy atom. The Kier molecular flexibility index (Phi) is 21.2. The van der Waals surface area contributed by atoms with Crippen LogP contribution in [0, 0.1) is 0 Å². The van der Waals surface area contributed by atoms with E-state index in [4.69, 9.17) is 0 Å². The zero-order chi connectivity index (χ0) is 78.1. The second-order valence-corrected chi connectivity index (χ2v) is 31.4. The third-order valence-electron chi connectivity index (χ3n) is 23.1. The van der Waals surface area contributed by atoms with E-state index in [1.807, 2.05) is 0 Å². The van der Waals surface area contributed by atoms with Crippen LogP contribution in [-0.2, 0) is 22.7 Å². The molecule has 4 heteroatoms. The molecule has 21 rings (SSSR count). The zero-order valence-corrected chi connectivity index (χ0v) is 67.2. The quantitative estimate of drug-likeness (QED) is 0.0961. The molecule has 554 valence electrons. The van der Waals surface area contributed by atoms with Gasteiger partial charge in [-0.3, -0.25) is 0 Å². The molecule has 0 atom stereocenters. The molecule has 0 bridgehead atoms. The highest BCUT2D eigenvalue weighted by molar-refractivity contribution is 9.10. The molecule has 0 spiro atoms. The molecule has 0 amide bonds. The first kappa shape index (κ1) is 74.0. The Hall–Kier alpha value is -13.5. The van der Waals surface area contributed by atoms with Crippen molar-refractivity contribution in [2.45, 2.75) is 22.7 Å². The van der Waals surface area contributed by atoms with E-state index in [0.29, 0.717) is 0 Å². The normalized spacial score (nSPS) is 11.7. The van der Waals surface area contributed by atoms with E-state index < -0.39 is 10.8 Å². The minimum absolute atomic E-state index is 0.367. The summed E-state index contributed by atoms with van der Waals surface area (Å²) in [5.74, 6) is 0. The molecule has 20 aromatic rings. The molecule has 0 unspecified atom stereocenters. The van der Waals surface area contributed by atoms with Crippen LogP contribution in [0.1, 0.15) is 77.9 Å². The van der Waals surface area contributed by atoms with Crippen LogP contribution in [0.4, 0.5) is 0 Å². The lowest BCUT2D eigenvalue weighted by molar-refractivity contribution is 0.744. The van der Waals surface area contributed by atoms with E-state index in [0.717, 1.165) is 26.7 Å². The molecule has 0 saturated heterocycles. The highest BCUT2D eigenvalue weighted by Crippen LogP contribution is 2.50. The van der Waals surface area contributed by atoms with Gasteiger partial charge in [0.15, 0.2) is 0 Å². The van der Waals surface area contributed by atoms with Crippen molar-refractivity contribution in [2.24, 2.45) is 0 Å². The number of benzene rings is 18. The van der Waals surface area contributed by atoms with Crippen LogP contribution in [0.5, 0.6) is 0 Å². The average Bonchev–Trinajstić information content (AvgIpc) is 0.950. The van der Waals surface area contributed by atoms with Crippen LogP contribution >= 0.6 is 31.9 Å². The predicted octanol–water partition coefficient (Wildman–Crippen LogP) is 29.2. The molecule has 18 aromatic carbocycles. The molecular formula is C112H82Br2N2. The van der Waals surface area contributed by atoms with Crippen molar-refractivity contribution in [3.63, 3.8) is 0 Å². The molecule has 0 N–H and O–H groups in total. The maximum Gasteiger partial charge on any atom is 0.0702 e. The lowest BCUT2D eigenvalue weighted by Gasteiger charge is -2.37. The molecule has 0 saturated carbocycles.